The van der Waals surface area contributed by atoms with E-state index in [1.54, 1.807) is 19.2 Å². The number of nitrogens with one attached hydrogen (secondary N) is 1. The van der Waals surface area contributed by atoms with Gasteiger partial charge in [0.05, 0.1) is 17.3 Å². The number of fused-ring (bicyclic) bond motifs is 1. The van der Waals surface area contributed by atoms with Gasteiger partial charge in [0.15, 0.2) is 0 Å². The molecule has 6 nitrogen and oxygen atoms in total. The summed E-state index contributed by atoms with van der Waals surface area (Å²) in [5.41, 5.74) is 2.10. The third-order valence-corrected chi connectivity index (χ3v) is 3.87. The number of aromatic amines is 1. The first-order valence-corrected chi connectivity index (χ1v) is 6.98. The Hall–Kier alpha value is -2.37. The number of hydrogen-bond donors (Lipinski definition) is 2. The zero-order valence-electron chi connectivity index (χ0n) is 12.0. The van der Waals surface area contributed by atoms with Crippen molar-refractivity contribution in [3.63, 3.8) is 0 Å². The van der Waals surface area contributed by atoms with Gasteiger partial charge in [0.2, 0.25) is 0 Å². The molecule has 3 rings (SSSR count). The van der Waals surface area contributed by atoms with Gasteiger partial charge in [-0.25, -0.2) is 4.79 Å². The van der Waals surface area contributed by atoms with E-state index in [-0.39, 0.29) is 11.9 Å². The highest BCUT2D eigenvalue weighted by Gasteiger charge is 2.39. The Morgan fingerprint density at radius 3 is 2.76 bits per heavy atom. The number of nitrogens with zero attached hydrogens (tertiary/aromatic N) is 2. The van der Waals surface area contributed by atoms with Crippen molar-refractivity contribution in [2.24, 2.45) is 0 Å². The number of aliphatic carboxylic acids is 1. The molecule has 1 fully saturated rings. The van der Waals surface area contributed by atoms with Crippen LogP contribution in [0, 0.1) is 6.92 Å². The lowest BCUT2D eigenvalue weighted by Gasteiger charge is -2.26. The molecule has 6 heteroatoms. The lowest BCUT2D eigenvalue weighted by Crippen LogP contribution is -2.44. The molecule has 1 aliphatic carbocycles. The minimum Gasteiger partial charge on any atom is -0.480 e. The maximum Gasteiger partial charge on any atom is 0.326 e. The van der Waals surface area contributed by atoms with Crippen molar-refractivity contribution in [1.29, 1.82) is 0 Å². The second-order valence-corrected chi connectivity index (χ2v) is 5.60. The van der Waals surface area contributed by atoms with Crippen LogP contribution in [0.5, 0.6) is 0 Å². The van der Waals surface area contributed by atoms with Crippen molar-refractivity contribution in [2.75, 3.05) is 0 Å². The smallest absolute Gasteiger partial charge is 0.326 e. The van der Waals surface area contributed by atoms with Gasteiger partial charge >= 0.3 is 5.97 Å². The molecular weight excluding hydrogens is 270 g/mol. The van der Waals surface area contributed by atoms with Gasteiger partial charge in [-0.1, -0.05) is 0 Å². The SMILES string of the molecule is Cc1cc(C(=O)N(C2CC2)C(C)C(=O)O)c2[nH]ncc2c1. The summed E-state index contributed by atoms with van der Waals surface area (Å²) in [6, 6.07) is 2.93. The second-order valence-electron chi connectivity index (χ2n) is 5.60. The molecule has 1 heterocycles. The van der Waals surface area contributed by atoms with E-state index in [4.69, 9.17) is 0 Å². The highest BCUT2D eigenvalue weighted by molar-refractivity contribution is 6.07. The minimum atomic E-state index is -0.983. The summed E-state index contributed by atoms with van der Waals surface area (Å²) in [4.78, 5) is 25.6. The lowest BCUT2D eigenvalue weighted by atomic mass is 10.1. The molecule has 2 N–H and O–H groups in total. The monoisotopic (exact) mass is 287 g/mol. The molecular formula is C15H17N3O3. The standard InChI is InChI=1S/C15H17N3O3/c1-8-5-10-7-16-17-13(10)12(6-8)14(19)18(11-3-4-11)9(2)15(20)21/h5-7,9,11H,3-4H2,1-2H3,(H,16,17)(H,20,21). The molecule has 0 saturated heterocycles. The van der Waals surface area contributed by atoms with Crippen molar-refractivity contribution in [3.05, 3.63) is 29.5 Å². The van der Waals surface area contributed by atoms with Crippen LogP contribution in [0.4, 0.5) is 0 Å². The van der Waals surface area contributed by atoms with Gasteiger partial charge in [0.1, 0.15) is 6.04 Å². The van der Waals surface area contributed by atoms with Crippen LogP contribution in [0.2, 0.25) is 0 Å². The number of aromatic nitrogens is 2. The van der Waals surface area contributed by atoms with Crippen molar-refractivity contribution >= 4 is 22.8 Å². The van der Waals surface area contributed by atoms with Crippen LogP contribution in [0.1, 0.15) is 35.7 Å². The van der Waals surface area contributed by atoms with Crippen LogP contribution in [0.3, 0.4) is 0 Å². The molecule has 1 aliphatic rings. The third-order valence-electron chi connectivity index (χ3n) is 3.87. The first kappa shape index (κ1) is 13.6. The maximum absolute atomic E-state index is 12.9. The van der Waals surface area contributed by atoms with E-state index in [0.29, 0.717) is 11.1 Å². The fraction of sp³-hybridized carbons (Fsp3) is 0.400. The van der Waals surface area contributed by atoms with E-state index < -0.39 is 12.0 Å². The third kappa shape index (κ3) is 2.37. The van der Waals surface area contributed by atoms with Crippen molar-refractivity contribution in [3.8, 4) is 0 Å². The summed E-state index contributed by atoms with van der Waals surface area (Å²) >= 11 is 0. The van der Waals surface area contributed by atoms with Gasteiger partial charge in [-0.15, -0.1) is 0 Å². The molecule has 2 aromatic rings. The highest BCUT2D eigenvalue weighted by Crippen LogP contribution is 2.31. The van der Waals surface area contributed by atoms with E-state index in [1.165, 1.54) is 4.90 Å². The Balaban J connectivity index is 2.05. The largest absolute Gasteiger partial charge is 0.480 e. The van der Waals surface area contributed by atoms with Crippen LogP contribution >= 0.6 is 0 Å². The van der Waals surface area contributed by atoms with Gasteiger partial charge in [-0.05, 0) is 44.4 Å². The molecule has 0 spiro atoms. The number of carboxylic acids is 1. The number of carbonyl (C=O) groups is 2. The number of hydrogen-bond acceptors (Lipinski definition) is 3. The topological polar surface area (TPSA) is 86.3 Å². The molecule has 1 aromatic carbocycles. The number of amides is 1. The summed E-state index contributed by atoms with van der Waals surface area (Å²) in [6.07, 6.45) is 3.39. The lowest BCUT2D eigenvalue weighted by molar-refractivity contribution is -0.141. The Morgan fingerprint density at radius 2 is 2.14 bits per heavy atom. The number of aryl methyl sites for hydroxylation is 1. The highest BCUT2D eigenvalue weighted by atomic mass is 16.4. The molecule has 21 heavy (non-hydrogen) atoms. The number of H-pyrrole nitrogens is 1. The first-order valence-electron chi connectivity index (χ1n) is 6.98. The fourth-order valence-electron chi connectivity index (χ4n) is 2.64. The first-order chi connectivity index (χ1) is 9.99. The summed E-state index contributed by atoms with van der Waals surface area (Å²) in [6.45, 7) is 3.46. The van der Waals surface area contributed by atoms with E-state index in [9.17, 15) is 14.7 Å². The van der Waals surface area contributed by atoms with Crippen LogP contribution in [0.25, 0.3) is 10.9 Å². The molecule has 0 radical (unpaired) electrons. The van der Waals surface area contributed by atoms with Crippen LogP contribution in [-0.2, 0) is 4.79 Å². The molecule has 110 valence electrons. The number of rotatable bonds is 4. The predicted molar refractivity (Wildman–Crippen MR) is 77.1 cm³/mol. The molecule has 1 atom stereocenters. The molecule has 0 aliphatic heterocycles. The Labute approximate surface area is 121 Å². The Morgan fingerprint density at radius 1 is 1.43 bits per heavy atom. The van der Waals surface area contributed by atoms with Crippen LogP contribution in [-0.4, -0.2) is 44.2 Å². The number of benzene rings is 1. The Bertz CT molecular complexity index is 718. The number of carboxylic acid groups (broad SMARTS) is 1. The summed E-state index contributed by atoms with van der Waals surface area (Å²) in [5.74, 6) is -1.23. The molecule has 1 amide bonds. The van der Waals surface area contributed by atoms with E-state index >= 15 is 0 Å². The summed E-state index contributed by atoms with van der Waals surface area (Å²) < 4.78 is 0. The zero-order valence-corrected chi connectivity index (χ0v) is 12.0. The van der Waals surface area contributed by atoms with E-state index in [1.807, 2.05) is 13.0 Å². The Kier molecular flexibility index (Phi) is 3.16. The minimum absolute atomic E-state index is 0.0297. The zero-order chi connectivity index (χ0) is 15.1. The average Bonchev–Trinajstić information content (AvgIpc) is 3.14. The fourth-order valence-corrected chi connectivity index (χ4v) is 2.64. The van der Waals surface area contributed by atoms with E-state index in [0.717, 1.165) is 23.8 Å². The normalized spacial score (nSPS) is 15.9. The van der Waals surface area contributed by atoms with Gasteiger partial charge in [-0.3, -0.25) is 9.89 Å². The van der Waals surface area contributed by atoms with Gasteiger partial charge in [-0.2, -0.15) is 5.10 Å². The van der Waals surface area contributed by atoms with Crippen molar-refractivity contribution in [2.45, 2.75) is 38.8 Å². The molecule has 1 saturated carbocycles. The molecule has 1 unspecified atom stereocenters. The van der Waals surface area contributed by atoms with Crippen LogP contribution in [0.15, 0.2) is 18.3 Å². The van der Waals surface area contributed by atoms with Crippen LogP contribution < -0.4 is 0 Å². The predicted octanol–water partition coefficient (Wildman–Crippen LogP) is 1.95. The molecule has 0 bridgehead atoms. The summed E-state index contributed by atoms with van der Waals surface area (Å²) in [7, 11) is 0. The van der Waals surface area contributed by atoms with Crippen molar-refractivity contribution in [1.82, 2.24) is 15.1 Å². The second kappa shape index (κ2) is 4.87. The van der Waals surface area contributed by atoms with Gasteiger partial charge in [0, 0.05) is 11.4 Å². The summed E-state index contributed by atoms with van der Waals surface area (Å²) in [5, 5.41) is 16.9. The van der Waals surface area contributed by atoms with Gasteiger partial charge < -0.3 is 10.0 Å². The molecule has 1 aromatic heterocycles. The quantitative estimate of drug-likeness (QED) is 0.900. The van der Waals surface area contributed by atoms with E-state index in [2.05, 4.69) is 10.2 Å². The average molecular weight is 287 g/mol. The maximum atomic E-state index is 12.9. The van der Waals surface area contributed by atoms with Gasteiger partial charge in [0.25, 0.3) is 5.91 Å². The number of carbonyl (C=O) groups excluding carboxylic acids is 1. The van der Waals surface area contributed by atoms with Crippen molar-refractivity contribution < 1.29 is 14.7 Å².